The van der Waals surface area contributed by atoms with E-state index in [9.17, 15) is 13.5 Å². The van der Waals surface area contributed by atoms with Gasteiger partial charge in [0.25, 0.3) is 10.0 Å². The number of nitrogens with one attached hydrogen (secondary N) is 1. The monoisotopic (exact) mass is 323 g/mol. The maximum Gasteiger partial charge on any atom is 0.264 e. The van der Waals surface area contributed by atoms with Crippen LogP contribution >= 0.6 is 34.5 Å². The van der Waals surface area contributed by atoms with Gasteiger partial charge >= 0.3 is 0 Å². The fraction of sp³-hybridized carbons (Fsp3) is 0. The van der Waals surface area contributed by atoms with Crippen molar-refractivity contribution in [2.45, 2.75) is 4.90 Å². The lowest BCUT2D eigenvalue weighted by Crippen LogP contribution is -2.12. The summed E-state index contributed by atoms with van der Waals surface area (Å²) in [6, 6.07) is 7.26. The number of aromatic hydroxyl groups is 1. The van der Waals surface area contributed by atoms with E-state index in [2.05, 4.69) is 4.72 Å². The minimum atomic E-state index is -3.86. The van der Waals surface area contributed by atoms with E-state index in [0.29, 0.717) is 0 Å². The van der Waals surface area contributed by atoms with Gasteiger partial charge in [0.1, 0.15) is 15.0 Å². The largest absolute Gasteiger partial charge is 0.506 e. The Kier molecular flexibility index (Phi) is 3.72. The molecule has 2 aromatic rings. The van der Waals surface area contributed by atoms with Crippen molar-refractivity contribution in [2.24, 2.45) is 0 Å². The van der Waals surface area contributed by atoms with Crippen molar-refractivity contribution in [2.75, 3.05) is 4.72 Å². The molecule has 0 spiro atoms. The molecule has 2 rings (SSSR count). The van der Waals surface area contributed by atoms with Gasteiger partial charge in [-0.1, -0.05) is 35.3 Å². The normalized spacial score (nSPS) is 11.4. The van der Waals surface area contributed by atoms with Crippen molar-refractivity contribution >= 4 is 50.2 Å². The van der Waals surface area contributed by atoms with Crippen molar-refractivity contribution in [1.82, 2.24) is 0 Å². The maximum absolute atomic E-state index is 12.0. The number of hydrogen-bond donors (Lipinski definition) is 2. The van der Waals surface area contributed by atoms with Crippen molar-refractivity contribution in [1.29, 1.82) is 0 Å². The Balaban J connectivity index is 2.40. The van der Waals surface area contributed by atoms with Crippen LogP contribution in [0, 0.1) is 0 Å². The number of thiophene rings is 1. The Labute approximate surface area is 118 Å². The summed E-state index contributed by atoms with van der Waals surface area (Å²) in [6.45, 7) is 0. The third kappa shape index (κ3) is 2.72. The van der Waals surface area contributed by atoms with Crippen LogP contribution < -0.4 is 4.72 Å². The first kappa shape index (κ1) is 13.5. The molecule has 0 atom stereocenters. The lowest BCUT2D eigenvalue weighted by molar-refractivity contribution is 0.477. The number of para-hydroxylation sites is 2. The summed E-state index contributed by atoms with van der Waals surface area (Å²) in [4.78, 5) is -0.109. The van der Waals surface area contributed by atoms with E-state index in [1.807, 2.05) is 0 Å². The second kappa shape index (κ2) is 4.97. The summed E-state index contributed by atoms with van der Waals surface area (Å²) in [6.07, 6.45) is 0. The van der Waals surface area contributed by atoms with Crippen molar-refractivity contribution < 1.29 is 13.5 Å². The number of rotatable bonds is 3. The zero-order chi connectivity index (χ0) is 13.3. The molecule has 18 heavy (non-hydrogen) atoms. The SMILES string of the molecule is O=S(=O)(Nc1ccccc1O)c1cc(Cl)sc1Cl. The molecule has 96 valence electrons. The number of hydrogen-bond acceptors (Lipinski definition) is 4. The lowest BCUT2D eigenvalue weighted by Gasteiger charge is -2.08. The maximum atomic E-state index is 12.0. The molecule has 0 aliphatic rings. The predicted molar refractivity (Wildman–Crippen MR) is 73.3 cm³/mol. The van der Waals surface area contributed by atoms with Gasteiger partial charge in [-0.05, 0) is 18.2 Å². The van der Waals surface area contributed by atoms with Crippen LogP contribution in [0.1, 0.15) is 0 Å². The molecule has 0 aliphatic heterocycles. The number of sulfonamides is 1. The Morgan fingerprint density at radius 2 is 1.89 bits per heavy atom. The molecule has 0 saturated carbocycles. The second-order valence-electron chi connectivity index (χ2n) is 3.31. The molecule has 0 bridgehead atoms. The highest BCUT2D eigenvalue weighted by atomic mass is 35.5. The zero-order valence-electron chi connectivity index (χ0n) is 8.72. The van der Waals surface area contributed by atoms with Gasteiger partial charge in [0.05, 0.1) is 10.0 Å². The molecular formula is C10H7Cl2NO3S2. The second-order valence-corrected chi connectivity index (χ2v) is 7.25. The van der Waals surface area contributed by atoms with Crippen LogP contribution in [0.15, 0.2) is 35.2 Å². The summed E-state index contributed by atoms with van der Waals surface area (Å²) in [5, 5.41) is 9.51. The molecule has 0 amide bonds. The molecule has 2 N–H and O–H groups in total. The fourth-order valence-corrected chi connectivity index (χ4v) is 4.49. The topological polar surface area (TPSA) is 66.4 Å². The summed E-state index contributed by atoms with van der Waals surface area (Å²) in [5.74, 6) is -0.168. The average molecular weight is 324 g/mol. The van der Waals surface area contributed by atoms with Crippen LogP contribution in [0.4, 0.5) is 5.69 Å². The smallest absolute Gasteiger partial charge is 0.264 e. The van der Waals surface area contributed by atoms with E-state index in [1.54, 1.807) is 12.1 Å². The summed E-state index contributed by atoms with van der Waals surface area (Å²) < 4.78 is 26.6. The third-order valence-electron chi connectivity index (χ3n) is 2.06. The van der Waals surface area contributed by atoms with Gasteiger partial charge in [-0.25, -0.2) is 8.42 Å². The molecule has 0 fully saturated rings. The molecule has 0 unspecified atom stereocenters. The minimum Gasteiger partial charge on any atom is -0.506 e. The molecule has 1 heterocycles. The van der Waals surface area contributed by atoms with Gasteiger partial charge in [-0.2, -0.15) is 0 Å². The highest BCUT2D eigenvalue weighted by Crippen LogP contribution is 2.35. The molecule has 0 aliphatic carbocycles. The standard InChI is InChI=1S/C10H7Cl2NO3S2/c11-9-5-8(10(12)17-9)18(15,16)13-6-3-1-2-4-7(6)14/h1-5,13-14H. The predicted octanol–water partition coefficient (Wildman–Crippen LogP) is 3.56. The summed E-state index contributed by atoms with van der Waals surface area (Å²) in [7, 11) is -3.86. The first-order valence-electron chi connectivity index (χ1n) is 4.66. The number of phenols is 1. The number of phenolic OH excluding ortho intramolecular Hbond substituents is 1. The lowest BCUT2D eigenvalue weighted by atomic mass is 10.3. The highest BCUT2D eigenvalue weighted by molar-refractivity contribution is 7.93. The Morgan fingerprint density at radius 3 is 2.44 bits per heavy atom. The highest BCUT2D eigenvalue weighted by Gasteiger charge is 2.21. The third-order valence-corrected chi connectivity index (χ3v) is 5.18. The van der Waals surface area contributed by atoms with Crippen LogP contribution in [0.5, 0.6) is 5.75 Å². The van der Waals surface area contributed by atoms with Crippen LogP contribution in [0.25, 0.3) is 0 Å². The van der Waals surface area contributed by atoms with Crippen molar-refractivity contribution in [3.05, 3.63) is 39.0 Å². The number of halogens is 2. The van der Waals surface area contributed by atoms with Crippen LogP contribution in [0.2, 0.25) is 8.67 Å². The van der Waals surface area contributed by atoms with E-state index in [4.69, 9.17) is 23.2 Å². The van der Waals surface area contributed by atoms with Crippen molar-refractivity contribution in [3.63, 3.8) is 0 Å². The van der Waals surface area contributed by atoms with Crippen LogP contribution in [0.3, 0.4) is 0 Å². The van der Waals surface area contributed by atoms with Crippen LogP contribution in [-0.2, 0) is 10.0 Å². The van der Waals surface area contributed by atoms with E-state index in [-0.39, 0.29) is 25.0 Å². The molecule has 1 aromatic heterocycles. The van der Waals surface area contributed by atoms with E-state index in [0.717, 1.165) is 11.3 Å². The minimum absolute atomic E-state index is 0.0721. The zero-order valence-corrected chi connectivity index (χ0v) is 11.9. The molecule has 0 radical (unpaired) electrons. The first-order valence-corrected chi connectivity index (χ1v) is 7.71. The average Bonchev–Trinajstić information content (AvgIpc) is 2.62. The summed E-state index contributed by atoms with van der Waals surface area (Å²) in [5.41, 5.74) is 0.0795. The van der Waals surface area contributed by atoms with Crippen LogP contribution in [-0.4, -0.2) is 13.5 Å². The van der Waals surface area contributed by atoms with Crippen molar-refractivity contribution in [3.8, 4) is 5.75 Å². The van der Waals surface area contributed by atoms with Gasteiger partial charge < -0.3 is 5.11 Å². The van der Waals surface area contributed by atoms with E-state index < -0.39 is 10.0 Å². The number of anilines is 1. The molecule has 0 saturated heterocycles. The Bertz CT molecular complexity index is 682. The Hall–Kier alpha value is -0.950. The van der Waals surface area contributed by atoms with Gasteiger partial charge in [-0.15, -0.1) is 11.3 Å². The molecule has 1 aromatic carbocycles. The first-order chi connectivity index (χ1) is 8.40. The summed E-state index contributed by atoms with van der Waals surface area (Å²) >= 11 is 12.4. The van der Waals surface area contributed by atoms with Gasteiger partial charge in [-0.3, -0.25) is 4.72 Å². The fourth-order valence-electron chi connectivity index (χ4n) is 1.27. The molecule has 4 nitrogen and oxygen atoms in total. The van der Waals surface area contributed by atoms with Gasteiger partial charge in [0.2, 0.25) is 0 Å². The molecular weight excluding hydrogens is 317 g/mol. The quantitative estimate of drug-likeness (QED) is 0.849. The molecule has 8 heteroatoms. The van der Waals surface area contributed by atoms with E-state index >= 15 is 0 Å². The Morgan fingerprint density at radius 1 is 1.22 bits per heavy atom. The number of benzene rings is 1. The van der Waals surface area contributed by atoms with Gasteiger partial charge in [0.15, 0.2) is 0 Å². The van der Waals surface area contributed by atoms with E-state index in [1.165, 1.54) is 18.2 Å². The van der Waals surface area contributed by atoms with Gasteiger partial charge in [0, 0.05) is 0 Å².